The second-order valence-electron chi connectivity index (χ2n) is 9.12. The fourth-order valence-corrected chi connectivity index (χ4v) is 5.00. The van der Waals surface area contributed by atoms with Crippen molar-refractivity contribution in [3.63, 3.8) is 0 Å². The standard InChI is InChI=1S/C27H24N6O/c1-31-10-8-23(17-31)30-27(34)20-6-7-24-22(12-20)16-32-15-21(19-4-2-18(14-28)3-5-19)13-25(32)26-29-9-11-33(24)26/h2-7,9,11-13,15,23H,8,10,16-17H2,1H3,(H,30,34). The van der Waals surface area contributed by atoms with E-state index in [9.17, 15) is 4.79 Å². The van der Waals surface area contributed by atoms with Crippen LogP contribution in [0.1, 0.15) is 27.9 Å². The van der Waals surface area contributed by atoms with E-state index >= 15 is 0 Å². The maximum atomic E-state index is 13.0. The molecule has 1 fully saturated rings. The second-order valence-corrected chi connectivity index (χ2v) is 9.12. The first-order valence-electron chi connectivity index (χ1n) is 11.5. The molecule has 1 atom stereocenters. The van der Waals surface area contributed by atoms with Crippen LogP contribution < -0.4 is 5.32 Å². The first-order valence-corrected chi connectivity index (χ1v) is 11.5. The number of hydrogen-bond donors (Lipinski definition) is 1. The molecule has 2 aromatic heterocycles. The Balaban J connectivity index is 1.36. The van der Waals surface area contributed by atoms with Crippen molar-refractivity contribution in [3.8, 4) is 34.4 Å². The molecule has 6 rings (SSSR count). The molecule has 0 saturated carbocycles. The number of likely N-dealkylation sites (N-methyl/N-ethyl adjacent to an activating group) is 1. The van der Waals surface area contributed by atoms with E-state index < -0.39 is 0 Å². The van der Waals surface area contributed by atoms with Gasteiger partial charge in [-0.25, -0.2) is 4.98 Å². The van der Waals surface area contributed by atoms with Crippen LogP contribution in [-0.4, -0.2) is 51.1 Å². The fourth-order valence-electron chi connectivity index (χ4n) is 5.00. The molecule has 0 bridgehead atoms. The van der Waals surface area contributed by atoms with Gasteiger partial charge in [0.05, 0.1) is 23.0 Å². The van der Waals surface area contributed by atoms with Gasteiger partial charge < -0.3 is 14.8 Å². The number of benzene rings is 2. The lowest BCUT2D eigenvalue weighted by molar-refractivity contribution is 0.0938. The molecule has 2 aliphatic rings. The highest BCUT2D eigenvalue weighted by Gasteiger charge is 2.24. The topological polar surface area (TPSA) is 78.9 Å². The van der Waals surface area contributed by atoms with Crippen LogP contribution in [0.4, 0.5) is 0 Å². The Bertz CT molecular complexity index is 1440. The number of rotatable bonds is 3. The van der Waals surface area contributed by atoms with Crippen LogP contribution in [0.3, 0.4) is 0 Å². The van der Waals surface area contributed by atoms with E-state index in [1.165, 1.54) is 0 Å². The van der Waals surface area contributed by atoms with Gasteiger partial charge in [-0.1, -0.05) is 12.1 Å². The average molecular weight is 449 g/mol. The Morgan fingerprint density at radius 2 is 2.00 bits per heavy atom. The lowest BCUT2D eigenvalue weighted by Crippen LogP contribution is -2.36. The Kier molecular flexibility index (Phi) is 4.82. The van der Waals surface area contributed by atoms with Crippen LogP contribution in [0.2, 0.25) is 0 Å². The smallest absolute Gasteiger partial charge is 0.251 e. The third-order valence-electron chi connectivity index (χ3n) is 6.78. The number of aromatic nitrogens is 3. The Morgan fingerprint density at radius 1 is 1.15 bits per heavy atom. The van der Waals surface area contributed by atoms with E-state index in [4.69, 9.17) is 5.26 Å². The number of carbonyl (C=O) groups excluding carboxylic acids is 1. The Labute approximate surface area is 197 Å². The van der Waals surface area contributed by atoms with Crippen molar-refractivity contribution < 1.29 is 4.79 Å². The number of nitrogens with zero attached hydrogens (tertiary/aromatic N) is 5. The van der Waals surface area contributed by atoms with Crippen LogP contribution in [0.25, 0.3) is 28.3 Å². The van der Waals surface area contributed by atoms with Crippen molar-refractivity contribution in [2.24, 2.45) is 0 Å². The van der Waals surface area contributed by atoms with Crippen molar-refractivity contribution in [2.75, 3.05) is 20.1 Å². The Hall–Kier alpha value is -4.15. The van der Waals surface area contributed by atoms with Gasteiger partial charge in [0.15, 0.2) is 5.82 Å². The summed E-state index contributed by atoms with van der Waals surface area (Å²) >= 11 is 0. The number of likely N-dealkylation sites (tertiary alicyclic amines) is 1. The molecule has 0 aliphatic carbocycles. The average Bonchev–Trinajstić information content (AvgIpc) is 3.58. The first-order chi connectivity index (χ1) is 16.6. The minimum absolute atomic E-state index is 0.0239. The van der Waals surface area contributed by atoms with Crippen LogP contribution in [0.5, 0.6) is 0 Å². The number of carbonyl (C=O) groups is 1. The molecule has 34 heavy (non-hydrogen) atoms. The normalized spacial score (nSPS) is 16.8. The van der Waals surface area contributed by atoms with Gasteiger partial charge in [-0.05, 0) is 67.5 Å². The highest BCUT2D eigenvalue weighted by Crippen LogP contribution is 2.34. The zero-order valence-electron chi connectivity index (χ0n) is 18.9. The van der Waals surface area contributed by atoms with E-state index in [1.807, 2.05) is 48.7 Å². The van der Waals surface area contributed by atoms with Gasteiger partial charge in [0, 0.05) is 48.8 Å². The minimum Gasteiger partial charge on any atom is -0.348 e. The summed E-state index contributed by atoms with van der Waals surface area (Å²) in [7, 11) is 2.08. The molecule has 4 aromatic rings. The van der Waals surface area contributed by atoms with Crippen LogP contribution >= 0.6 is 0 Å². The third-order valence-corrected chi connectivity index (χ3v) is 6.78. The van der Waals surface area contributed by atoms with Gasteiger partial charge in [-0.15, -0.1) is 0 Å². The van der Waals surface area contributed by atoms with Gasteiger partial charge in [0.2, 0.25) is 0 Å². The van der Waals surface area contributed by atoms with E-state index in [0.29, 0.717) is 17.7 Å². The largest absolute Gasteiger partial charge is 0.348 e. The summed E-state index contributed by atoms with van der Waals surface area (Å²) in [6, 6.07) is 18.0. The number of amides is 1. The molecule has 2 aromatic carbocycles. The molecule has 7 heteroatoms. The summed E-state index contributed by atoms with van der Waals surface area (Å²) in [4.78, 5) is 19.9. The third kappa shape index (κ3) is 3.49. The van der Waals surface area contributed by atoms with Gasteiger partial charge in [0.25, 0.3) is 5.91 Å². The molecular weight excluding hydrogens is 424 g/mol. The minimum atomic E-state index is -0.0239. The van der Waals surface area contributed by atoms with Crippen molar-refractivity contribution in [3.05, 3.63) is 83.8 Å². The highest BCUT2D eigenvalue weighted by atomic mass is 16.1. The van der Waals surface area contributed by atoms with E-state index in [1.54, 1.807) is 6.20 Å². The lowest BCUT2D eigenvalue weighted by atomic mass is 10.1. The summed E-state index contributed by atoms with van der Waals surface area (Å²) in [5, 5.41) is 12.3. The summed E-state index contributed by atoms with van der Waals surface area (Å²) in [5.74, 6) is 0.842. The summed E-state index contributed by atoms with van der Waals surface area (Å²) in [6.07, 6.45) is 6.87. The lowest BCUT2D eigenvalue weighted by Gasteiger charge is -2.15. The van der Waals surface area contributed by atoms with Gasteiger partial charge in [0.1, 0.15) is 0 Å². The number of hydrogen-bond acceptors (Lipinski definition) is 4. The molecule has 0 spiro atoms. The molecule has 0 radical (unpaired) electrons. The van der Waals surface area contributed by atoms with E-state index in [2.05, 4.69) is 49.7 Å². The molecule has 1 saturated heterocycles. The van der Waals surface area contributed by atoms with E-state index in [-0.39, 0.29) is 11.9 Å². The predicted molar refractivity (Wildman–Crippen MR) is 130 cm³/mol. The molecule has 168 valence electrons. The van der Waals surface area contributed by atoms with Crippen molar-refractivity contribution in [1.82, 2.24) is 24.3 Å². The molecule has 1 unspecified atom stereocenters. The summed E-state index contributed by atoms with van der Waals surface area (Å²) < 4.78 is 4.27. The van der Waals surface area contributed by atoms with Gasteiger partial charge in [-0.3, -0.25) is 9.36 Å². The Morgan fingerprint density at radius 3 is 2.76 bits per heavy atom. The fraction of sp³-hybridized carbons (Fsp3) is 0.222. The number of nitrogens with one attached hydrogen (secondary N) is 1. The van der Waals surface area contributed by atoms with Crippen molar-refractivity contribution in [1.29, 1.82) is 5.26 Å². The highest BCUT2D eigenvalue weighted by molar-refractivity contribution is 5.95. The number of fused-ring (bicyclic) bond motifs is 5. The van der Waals surface area contributed by atoms with Gasteiger partial charge in [-0.2, -0.15) is 5.26 Å². The monoisotopic (exact) mass is 448 g/mol. The van der Waals surface area contributed by atoms with Crippen molar-refractivity contribution >= 4 is 5.91 Å². The van der Waals surface area contributed by atoms with Crippen LogP contribution in [-0.2, 0) is 6.54 Å². The summed E-state index contributed by atoms with van der Waals surface area (Å²) in [5.41, 5.74) is 6.55. The molecule has 1 amide bonds. The first kappa shape index (κ1) is 20.5. The van der Waals surface area contributed by atoms with E-state index in [0.717, 1.165) is 53.4 Å². The number of imidazole rings is 1. The maximum absolute atomic E-state index is 13.0. The summed E-state index contributed by atoms with van der Waals surface area (Å²) in [6.45, 7) is 2.54. The molecule has 7 nitrogen and oxygen atoms in total. The predicted octanol–water partition coefficient (Wildman–Crippen LogP) is 3.68. The zero-order valence-corrected chi connectivity index (χ0v) is 18.9. The van der Waals surface area contributed by atoms with Gasteiger partial charge >= 0.3 is 0 Å². The quantitative estimate of drug-likeness (QED) is 0.457. The molecular formula is C27H24N6O. The molecule has 1 N–H and O–H groups in total. The maximum Gasteiger partial charge on any atom is 0.251 e. The zero-order chi connectivity index (χ0) is 23.2. The second kappa shape index (κ2) is 8.01. The molecule has 2 aliphatic heterocycles. The van der Waals surface area contributed by atoms with Crippen LogP contribution in [0.15, 0.2) is 67.1 Å². The number of nitriles is 1. The molecule has 4 heterocycles. The van der Waals surface area contributed by atoms with Crippen molar-refractivity contribution in [2.45, 2.75) is 19.0 Å². The SMILES string of the molecule is CN1CCC(NC(=O)c2ccc3c(c2)Cn2cc(-c4ccc(C#N)cc4)cc2-c2nccn2-3)C1. The van der Waals surface area contributed by atoms with Crippen LogP contribution in [0, 0.1) is 11.3 Å².